The van der Waals surface area contributed by atoms with Crippen LogP contribution >= 0.6 is 11.8 Å². The summed E-state index contributed by atoms with van der Waals surface area (Å²) in [6.07, 6.45) is 5.21. The molecule has 1 aliphatic carbocycles. The van der Waals surface area contributed by atoms with Crippen molar-refractivity contribution in [2.24, 2.45) is 10.9 Å². The molecule has 1 saturated carbocycles. The highest BCUT2D eigenvalue weighted by Gasteiger charge is 2.49. The summed E-state index contributed by atoms with van der Waals surface area (Å²) < 4.78 is 24.2. The van der Waals surface area contributed by atoms with Gasteiger partial charge in [0.05, 0.1) is 17.5 Å². The van der Waals surface area contributed by atoms with Crippen molar-refractivity contribution in [1.82, 2.24) is 0 Å². The van der Waals surface area contributed by atoms with Crippen molar-refractivity contribution in [3.63, 3.8) is 0 Å². The number of carbonyl (C=O) groups excluding carboxylic acids is 1. The van der Waals surface area contributed by atoms with Gasteiger partial charge in [0, 0.05) is 16.9 Å². The Balaban J connectivity index is 1.62. The van der Waals surface area contributed by atoms with Crippen molar-refractivity contribution in [3.8, 4) is 0 Å². The van der Waals surface area contributed by atoms with Crippen LogP contribution in [0, 0.1) is 5.92 Å². The minimum Gasteiger partial charge on any atom is -0.316 e. The fourth-order valence-electron chi connectivity index (χ4n) is 3.59. The van der Waals surface area contributed by atoms with E-state index in [1.807, 2.05) is 17.0 Å². The van der Waals surface area contributed by atoms with Crippen LogP contribution in [-0.2, 0) is 21.1 Å². The van der Waals surface area contributed by atoms with Crippen molar-refractivity contribution < 1.29 is 13.2 Å². The summed E-state index contributed by atoms with van der Waals surface area (Å²) in [5.74, 6) is 0.327. The molecule has 1 aromatic carbocycles. The molecule has 1 aromatic rings. The van der Waals surface area contributed by atoms with E-state index < -0.39 is 9.84 Å². The van der Waals surface area contributed by atoms with Crippen LogP contribution in [0.4, 0.5) is 5.69 Å². The first-order valence-corrected chi connectivity index (χ1v) is 12.0. The number of hydrogen-bond acceptors (Lipinski definition) is 4. The predicted octanol–water partition coefficient (Wildman–Crippen LogP) is 3.04. The maximum Gasteiger partial charge on any atom is 0.251 e. The van der Waals surface area contributed by atoms with Gasteiger partial charge in [0.1, 0.15) is 0 Å². The van der Waals surface area contributed by atoms with E-state index in [1.165, 1.54) is 17.3 Å². The maximum absolute atomic E-state index is 12.2. The van der Waals surface area contributed by atoms with Crippen LogP contribution < -0.4 is 4.90 Å². The van der Waals surface area contributed by atoms with Gasteiger partial charge in [-0.3, -0.25) is 4.79 Å². The van der Waals surface area contributed by atoms with Gasteiger partial charge in [-0.15, -0.1) is 0 Å². The van der Waals surface area contributed by atoms with Gasteiger partial charge in [-0.05, 0) is 43.4 Å². The lowest BCUT2D eigenvalue weighted by atomic mass is 10.1. The molecule has 7 heteroatoms. The van der Waals surface area contributed by atoms with Gasteiger partial charge >= 0.3 is 0 Å². The summed E-state index contributed by atoms with van der Waals surface area (Å²) >= 11 is 1.45. The zero-order valence-corrected chi connectivity index (χ0v) is 16.6. The Morgan fingerprint density at radius 2 is 1.96 bits per heavy atom. The number of amides is 1. The Labute approximate surface area is 159 Å². The molecule has 140 valence electrons. The maximum atomic E-state index is 12.2. The highest BCUT2D eigenvalue weighted by molar-refractivity contribution is 8.16. The van der Waals surface area contributed by atoms with Crippen molar-refractivity contribution in [1.29, 1.82) is 0 Å². The Hall–Kier alpha value is -1.34. The second kappa shape index (κ2) is 7.00. The van der Waals surface area contributed by atoms with Crippen molar-refractivity contribution in [2.75, 3.05) is 16.4 Å². The summed E-state index contributed by atoms with van der Waals surface area (Å²) in [5.41, 5.74) is 2.22. The molecule has 1 amide bonds. The number of sulfone groups is 1. The Kier molecular flexibility index (Phi) is 4.86. The van der Waals surface area contributed by atoms with Crippen molar-refractivity contribution >= 4 is 38.4 Å². The van der Waals surface area contributed by atoms with E-state index in [4.69, 9.17) is 0 Å². The van der Waals surface area contributed by atoms with E-state index in [1.54, 1.807) is 0 Å². The fraction of sp³-hybridized carbons (Fsp3) is 0.579. The number of anilines is 1. The number of fused-ring (bicyclic) bond motifs is 1. The summed E-state index contributed by atoms with van der Waals surface area (Å²) in [6, 6.07) is 8.16. The van der Waals surface area contributed by atoms with E-state index in [0.29, 0.717) is 5.17 Å². The van der Waals surface area contributed by atoms with Crippen LogP contribution in [0.1, 0.15) is 38.2 Å². The quantitative estimate of drug-likeness (QED) is 0.770. The van der Waals surface area contributed by atoms with Crippen LogP contribution in [-0.4, -0.2) is 42.3 Å². The zero-order chi connectivity index (χ0) is 18.3. The van der Waals surface area contributed by atoms with Crippen LogP contribution in [0.2, 0.25) is 0 Å². The topological polar surface area (TPSA) is 66.8 Å². The molecule has 0 N–H and O–H groups in total. The number of carbonyl (C=O) groups is 1. The molecule has 3 fully saturated rings. The molecule has 0 unspecified atom stereocenters. The number of unbranched alkanes of at least 4 members (excludes halogenated alkanes) is 1. The smallest absolute Gasteiger partial charge is 0.251 e. The van der Waals surface area contributed by atoms with Crippen molar-refractivity contribution in [2.45, 2.75) is 50.3 Å². The Morgan fingerprint density at radius 1 is 1.23 bits per heavy atom. The number of aryl methyl sites for hydroxylation is 1. The Bertz CT molecular complexity index is 829. The molecule has 2 aliphatic heterocycles. The van der Waals surface area contributed by atoms with Gasteiger partial charge in [0.2, 0.25) is 0 Å². The third-order valence-electron chi connectivity index (χ3n) is 5.23. The summed E-state index contributed by atoms with van der Waals surface area (Å²) in [5, 5.41) is 0.638. The first-order chi connectivity index (χ1) is 12.5. The normalized spacial score (nSPS) is 28.5. The largest absolute Gasteiger partial charge is 0.316 e. The third-order valence-corrected chi connectivity index (χ3v) is 8.44. The van der Waals surface area contributed by atoms with E-state index in [9.17, 15) is 13.2 Å². The van der Waals surface area contributed by atoms with Gasteiger partial charge in [0.25, 0.3) is 5.91 Å². The standard InChI is InChI=1S/C19H24N2O3S2/c1-2-3-4-13-5-9-15(10-6-13)21-16-11-26(23,24)12-17(16)25-19(21)20-18(22)14-7-8-14/h5-6,9-10,14,16-17H,2-4,7-8,11-12H2,1H3/t16-,17-/m0/s1. The molecule has 0 aromatic heterocycles. The molecule has 3 aliphatic rings. The molecule has 2 saturated heterocycles. The lowest BCUT2D eigenvalue weighted by Crippen LogP contribution is -2.37. The van der Waals surface area contributed by atoms with Crippen LogP contribution in [0.5, 0.6) is 0 Å². The third kappa shape index (κ3) is 3.69. The number of aliphatic imine (C=N–C) groups is 1. The van der Waals surface area contributed by atoms with Crippen LogP contribution in [0.25, 0.3) is 0 Å². The van der Waals surface area contributed by atoms with Gasteiger partial charge in [-0.1, -0.05) is 37.2 Å². The monoisotopic (exact) mass is 392 g/mol. The highest BCUT2D eigenvalue weighted by Crippen LogP contribution is 2.41. The van der Waals surface area contributed by atoms with Gasteiger partial charge in [-0.2, -0.15) is 4.99 Å². The van der Waals surface area contributed by atoms with Gasteiger partial charge < -0.3 is 4.90 Å². The second-order valence-electron chi connectivity index (χ2n) is 7.45. The molecule has 0 spiro atoms. The number of amidine groups is 1. The zero-order valence-electron chi connectivity index (χ0n) is 14.9. The molecular weight excluding hydrogens is 368 g/mol. The minimum absolute atomic E-state index is 0.0366. The lowest BCUT2D eigenvalue weighted by molar-refractivity contribution is -0.118. The second-order valence-corrected chi connectivity index (χ2v) is 10.8. The fourth-order valence-corrected chi connectivity index (χ4v) is 7.51. The SMILES string of the molecule is CCCCc1ccc(N2C(=NC(=O)C3CC3)S[C@H]3CS(=O)(=O)C[C@@H]32)cc1. The number of benzene rings is 1. The first-order valence-electron chi connectivity index (χ1n) is 9.34. The van der Waals surface area contributed by atoms with Crippen molar-refractivity contribution in [3.05, 3.63) is 29.8 Å². The van der Waals surface area contributed by atoms with Crippen LogP contribution in [0.3, 0.4) is 0 Å². The van der Waals surface area contributed by atoms with Gasteiger partial charge in [-0.25, -0.2) is 8.42 Å². The minimum atomic E-state index is -3.02. The average Bonchev–Trinajstić information content (AvgIpc) is 3.34. The van der Waals surface area contributed by atoms with E-state index in [0.717, 1.165) is 37.8 Å². The number of thioether (sulfide) groups is 1. The van der Waals surface area contributed by atoms with E-state index in [-0.39, 0.29) is 34.6 Å². The molecule has 2 heterocycles. The molecule has 4 rings (SSSR count). The van der Waals surface area contributed by atoms with E-state index >= 15 is 0 Å². The Morgan fingerprint density at radius 3 is 2.62 bits per heavy atom. The molecule has 2 atom stereocenters. The molecule has 5 nitrogen and oxygen atoms in total. The summed E-state index contributed by atoms with van der Waals surface area (Å²) in [4.78, 5) is 18.6. The molecule has 0 radical (unpaired) electrons. The first kappa shape index (κ1) is 18.0. The summed E-state index contributed by atoms with van der Waals surface area (Å²) in [7, 11) is -3.02. The number of rotatable bonds is 5. The molecule has 0 bridgehead atoms. The highest BCUT2D eigenvalue weighted by atomic mass is 32.2. The summed E-state index contributed by atoms with van der Waals surface area (Å²) in [6.45, 7) is 2.18. The predicted molar refractivity (Wildman–Crippen MR) is 107 cm³/mol. The average molecular weight is 393 g/mol. The van der Waals surface area contributed by atoms with Crippen LogP contribution in [0.15, 0.2) is 29.3 Å². The lowest BCUT2D eigenvalue weighted by Gasteiger charge is -2.24. The number of hydrogen-bond donors (Lipinski definition) is 0. The van der Waals surface area contributed by atoms with Gasteiger partial charge in [0.15, 0.2) is 15.0 Å². The molecule has 26 heavy (non-hydrogen) atoms. The van der Waals surface area contributed by atoms with E-state index in [2.05, 4.69) is 24.0 Å². The number of nitrogens with zero attached hydrogens (tertiary/aromatic N) is 2. The molecular formula is C19H24N2O3S2.